The summed E-state index contributed by atoms with van der Waals surface area (Å²) >= 11 is 5.84. The van der Waals surface area contributed by atoms with Crippen LogP contribution in [0, 0.1) is 19.7 Å². The minimum atomic E-state index is -0.242. The number of aromatic nitrogens is 2. The van der Waals surface area contributed by atoms with Crippen molar-refractivity contribution in [3.63, 3.8) is 0 Å². The van der Waals surface area contributed by atoms with E-state index < -0.39 is 0 Å². The molecule has 2 aliphatic rings. The molecule has 4 heterocycles. The lowest BCUT2D eigenvalue weighted by molar-refractivity contribution is 0.0350. The van der Waals surface area contributed by atoms with Gasteiger partial charge in [0.1, 0.15) is 5.82 Å². The zero-order chi connectivity index (χ0) is 23.7. The Kier molecular flexibility index (Phi) is 6.63. The number of halogens is 1. The number of rotatable bonds is 6. The van der Waals surface area contributed by atoms with Gasteiger partial charge in [0.25, 0.3) is 0 Å². The fraction of sp³-hybridized carbons (Fsp3) is 0.385. The number of morpholine rings is 1. The quantitative estimate of drug-likeness (QED) is 0.541. The van der Waals surface area contributed by atoms with Crippen LogP contribution in [0.2, 0.25) is 0 Å². The van der Waals surface area contributed by atoms with E-state index in [4.69, 9.17) is 17.0 Å². The summed E-state index contributed by atoms with van der Waals surface area (Å²) in [5.41, 5.74) is 5.09. The molecule has 34 heavy (non-hydrogen) atoms. The third-order valence-corrected chi connectivity index (χ3v) is 7.17. The molecule has 3 aromatic rings. The highest BCUT2D eigenvalue weighted by Gasteiger charge is 2.41. The first-order valence-electron chi connectivity index (χ1n) is 11.8. The van der Waals surface area contributed by atoms with Crippen LogP contribution in [-0.2, 0) is 4.74 Å². The van der Waals surface area contributed by atoms with Crippen LogP contribution in [0.4, 0.5) is 4.39 Å². The Labute approximate surface area is 205 Å². The first-order chi connectivity index (χ1) is 16.5. The number of aryl methyl sites for hydroxylation is 1. The van der Waals surface area contributed by atoms with Crippen LogP contribution in [0.15, 0.2) is 54.7 Å². The van der Waals surface area contributed by atoms with Crippen LogP contribution in [0.25, 0.3) is 5.69 Å². The molecule has 2 atom stereocenters. The molecule has 0 saturated carbocycles. The van der Waals surface area contributed by atoms with Crippen molar-refractivity contribution in [1.29, 1.82) is 0 Å². The second-order valence-corrected chi connectivity index (χ2v) is 9.30. The summed E-state index contributed by atoms with van der Waals surface area (Å²) in [6.45, 7) is 9.32. The molecule has 1 aromatic carbocycles. The number of nitrogens with zero attached hydrogens (tertiary/aromatic N) is 4. The Morgan fingerprint density at radius 3 is 2.65 bits per heavy atom. The van der Waals surface area contributed by atoms with Crippen LogP contribution in [0.1, 0.15) is 34.7 Å². The highest BCUT2D eigenvalue weighted by atomic mass is 32.1. The van der Waals surface area contributed by atoms with Crippen molar-refractivity contribution in [3.8, 4) is 5.69 Å². The van der Waals surface area contributed by atoms with Gasteiger partial charge in [0.15, 0.2) is 5.11 Å². The average Bonchev–Trinajstić information content (AvgIpc) is 3.33. The zero-order valence-electron chi connectivity index (χ0n) is 19.6. The maximum Gasteiger partial charge on any atom is 0.170 e. The summed E-state index contributed by atoms with van der Waals surface area (Å²) in [5.74, 6) is -0.242. The molecule has 0 aliphatic carbocycles. The highest BCUT2D eigenvalue weighted by Crippen LogP contribution is 2.41. The van der Waals surface area contributed by atoms with E-state index in [1.165, 1.54) is 11.6 Å². The number of nitrogens with one attached hydrogen (secondary N) is 1. The lowest BCUT2D eigenvalue weighted by atomic mass is 9.96. The van der Waals surface area contributed by atoms with E-state index in [0.717, 1.165) is 67.3 Å². The normalized spacial score (nSPS) is 21.1. The van der Waals surface area contributed by atoms with Gasteiger partial charge in [0.05, 0.1) is 31.0 Å². The predicted octanol–water partition coefficient (Wildman–Crippen LogP) is 3.93. The van der Waals surface area contributed by atoms with Gasteiger partial charge in [-0.3, -0.25) is 9.88 Å². The van der Waals surface area contributed by atoms with Crippen LogP contribution in [0.3, 0.4) is 0 Å². The topological polar surface area (TPSA) is 45.6 Å². The van der Waals surface area contributed by atoms with E-state index in [1.807, 2.05) is 30.5 Å². The third-order valence-electron chi connectivity index (χ3n) is 6.81. The van der Waals surface area contributed by atoms with Crippen molar-refractivity contribution >= 4 is 17.3 Å². The van der Waals surface area contributed by atoms with Gasteiger partial charge < -0.3 is 19.5 Å². The van der Waals surface area contributed by atoms with Crippen LogP contribution < -0.4 is 5.32 Å². The summed E-state index contributed by atoms with van der Waals surface area (Å²) < 4.78 is 21.7. The standard InChI is InChI=1S/C26H30FN5OS/c1-18-16-22(19(2)32(18)21-7-5-6-20(27)17-21)25-24(23-8-3-4-9-28-23)29-26(34)31(25)11-10-30-12-14-33-15-13-30/h3-9,16-17,24-25H,10-15H2,1-2H3,(H,29,34)/t24-,25+/m1/s1. The molecule has 8 heteroatoms. The monoisotopic (exact) mass is 479 g/mol. The van der Waals surface area contributed by atoms with E-state index in [0.29, 0.717) is 0 Å². The Balaban J connectivity index is 1.52. The average molecular weight is 480 g/mol. The van der Waals surface area contributed by atoms with Gasteiger partial charge >= 0.3 is 0 Å². The third kappa shape index (κ3) is 4.45. The number of hydrogen-bond acceptors (Lipinski definition) is 4. The fourth-order valence-corrected chi connectivity index (χ4v) is 5.49. The SMILES string of the molecule is Cc1cc([C@H]2[C@@H](c3ccccn3)NC(=S)N2CCN2CCOCC2)c(C)n1-c1cccc(F)c1. The van der Waals surface area contributed by atoms with Crippen LogP contribution in [0.5, 0.6) is 0 Å². The summed E-state index contributed by atoms with van der Waals surface area (Å²) in [4.78, 5) is 9.37. The first-order valence-corrected chi connectivity index (χ1v) is 12.2. The Hall–Kier alpha value is -2.81. The van der Waals surface area contributed by atoms with E-state index in [1.54, 1.807) is 12.1 Å². The van der Waals surface area contributed by atoms with Crippen molar-refractivity contribution in [2.75, 3.05) is 39.4 Å². The zero-order valence-corrected chi connectivity index (χ0v) is 20.4. The number of ether oxygens (including phenoxy) is 1. The molecule has 0 amide bonds. The lowest BCUT2D eigenvalue weighted by Crippen LogP contribution is -2.42. The summed E-state index contributed by atoms with van der Waals surface area (Å²) in [7, 11) is 0. The molecule has 0 radical (unpaired) electrons. The molecule has 2 aromatic heterocycles. The molecule has 0 spiro atoms. The van der Waals surface area contributed by atoms with Crippen LogP contribution >= 0.6 is 12.2 Å². The van der Waals surface area contributed by atoms with E-state index in [-0.39, 0.29) is 17.9 Å². The predicted molar refractivity (Wildman–Crippen MR) is 135 cm³/mol. The summed E-state index contributed by atoms with van der Waals surface area (Å²) in [6, 6.07) is 14.8. The Bertz CT molecular complexity index is 1160. The molecule has 0 bridgehead atoms. The summed E-state index contributed by atoms with van der Waals surface area (Å²) in [5, 5.41) is 4.28. The number of pyridine rings is 1. The van der Waals surface area contributed by atoms with Crippen molar-refractivity contribution < 1.29 is 9.13 Å². The smallest absolute Gasteiger partial charge is 0.170 e. The van der Waals surface area contributed by atoms with Gasteiger partial charge in [0, 0.05) is 49.5 Å². The second kappa shape index (κ2) is 9.82. The van der Waals surface area contributed by atoms with Gasteiger partial charge in [-0.15, -0.1) is 0 Å². The molecular weight excluding hydrogens is 449 g/mol. The molecule has 2 fully saturated rings. The van der Waals surface area contributed by atoms with Crippen molar-refractivity contribution in [1.82, 2.24) is 24.7 Å². The molecule has 2 aliphatic heterocycles. The maximum atomic E-state index is 14.0. The first kappa shape index (κ1) is 23.0. The maximum absolute atomic E-state index is 14.0. The number of hydrogen-bond donors (Lipinski definition) is 1. The number of thiocarbonyl (C=S) groups is 1. The van der Waals surface area contributed by atoms with E-state index in [2.05, 4.69) is 44.6 Å². The number of benzene rings is 1. The van der Waals surface area contributed by atoms with Crippen molar-refractivity contribution in [3.05, 3.63) is 83.2 Å². The molecule has 2 saturated heterocycles. The Morgan fingerprint density at radius 2 is 1.91 bits per heavy atom. The van der Waals surface area contributed by atoms with Crippen LogP contribution in [-0.4, -0.2) is 63.9 Å². The second-order valence-electron chi connectivity index (χ2n) is 8.92. The molecule has 1 N–H and O–H groups in total. The van der Waals surface area contributed by atoms with Gasteiger partial charge in [-0.05, 0) is 68.0 Å². The van der Waals surface area contributed by atoms with Crippen molar-refractivity contribution in [2.45, 2.75) is 25.9 Å². The van der Waals surface area contributed by atoms with E-state index >= 15 is 0 Å². The molecule has 5 rings (SSSR count). The minimum absolute atomic E-state index is 0.0167. The van der Waals surface area contributed by atoms with Gasteiger partial charge in [-0.2, -0.15) is 0 Å². The largest absolute Gasteiger partial charge is 0.379 e. The van der Waals surface area contributed by atoms with Gasteiger partial charge in [-0.1, -0.05) is 12.1 Å². The molecule has 6 nitrogen and oxygen atoms in total. The van der Waals surface area contributed by atoms with Gasteiger partial charge in [-0.25, -0.2) is 4.39 Å². The lowest BCUT2D eigenvalue weighted by Gasteiger charge is -2.32. The van der Waals surface area contributed by atoms with Gasteiger partial charge in [0.2, 0.25) is 0 Å². The van der Waals surface area contributed by atoms with Crippen molar-refractivity contribution in [2.24, 2.45) is 0 Å². The summed E-state index contributed by atoms with van der Waals surface area (Å²) in [6.07, 6.45) is 1.82. The molecular formula is C26H30FN5OS. The highest BCUT2D eigenvalue weighted by molar-refractivity contribution is 7.80. The molecule has 178 valence electrons. The Morgan fingerprint density at radius 1 is 1.09 bits per heavy atom. The fourth-order valence-electron chi connectivity index (χ4n) is 5.16. The van der Waals surface area contributed by atoms with E-state index in [9.17, 15) is 4.39 Å². The minimum Gasteiger partial charge on any atom is -0.379 e. The molecule has 0 unspecified atom stereocenters.